The van der Waals surface area contributed by atoms with Gasteiger partial charge in [-0.2, -0.15) is 0 Å². The number of anilines is 2. The van der Waals surface area contributed by atoms with E-state index in [1.165, 1.54) is 0 Å². The van der Waals surface area contributed by atoms with Gasteiger partial charge in [0.1, 0.15) is 10.8 Å². The van der Waals surface area contributed by atoms with Gasteiger partial charge in [0.25, 0.3) is 0 Å². The quantitative estimate of drug-likeness (QED) is 0.570. The number of aromatic nitrogens is 1. The van der Waals surface area contributed by atoms with E-state index in [-0.39, 0.29) is 0 Å². The summed E-state index contributed by atoms with van der Waals surface area (Å²) in [6, 6.07) is 9.63. The Morgan fingerprint density at radius 3 is 2.83 bits per heavy atom. The van der Waals surface area contributed by atoms with E-state index in [1.54, 1.807) is 12.3 Å². The Kier molecular flexibility index (Phi) is 4.52. The third-order valence-electron chi connectivity index (χ3n) is 2.24. The molecule has 1 heterocycles. The second-order valence-electron chi connectivity index (χ2n) is 3.54. The maximum absolute atomic E-state index is 5.60. The van der Waals surface area contributed by atoms with Gasteiger partial charge >= 0.3 is 0 Å². The molecule has 3 nitrogen and oxygen atoms in total. The van der Waals surface area contributed by atoms with E-state index in [2.05, 4.69) is 48.8 Å². The van der Waals surface area contributed by atoms with Crippen molar-refractivity contribution in [2.24, 2.45) is 5.73 Å². The summed E-state index contributed by atoms with van der Waals surface area (Å²) in [5, 5.41) is 3.24. The summed E-state index contributed by atoms with van der Waals surface area (Å²) < 4.78 is 2.12. The molecule has 0 aliphatic rings. The lowest BCUT2D eigenvalue weighted by Crippen LogP contribution is -2.10. The molecule has 1 aromatic heterocycles. The average molecular weight is 434 g/mol. The topological polar surface area (TPSA) is 50.9 Å². The molecule has 6 heteroatoms. The van der Waals surface area contributed by atoms with E-state index in [4.69, 9.17) is 18.0 Å². The molecule has 0 fully saturated rings. The van der Waals surface area contributed by atoms with Crippen molar-refractivity contribution in [3.63, 3.8) is 0 Å². The Hall–Kier alpha value is -0.730. The predicted molar refractivity (Wildman–Crippen MR) is 90.3 cm³/mol. The molecule has 2 aromatic rings. The number of rotatable bonds is 3. The minimum atomic E-state index is 0.365. The number of halogens is 2. The molecule has 0 spiro atoms. The van der Waals surface area contributed by atoms with Crippen molar-refractivity contribution in [1.82, 2.24) is 4.98 Å². The van der Waals surface area contributed by atoms with Crippen molar-refractivity contribution in [2.75, 3.05) is 5.32 Å². The molecular weight excluding hydrogens is 425 g/mol. The van der Waals surface area contributed by atoms with E-state index in [0.717, 1.165) is 25.1 Å². The highest BCUT2D eigenvalue weighted by Gasteiger charge is 2.04. The summed E-state index contributed by atoms with van der Waals surface area (Å²) in [5.74, 6) is 0.719. The first kappa shape index (κ1) is 13.7. The van der Waals surface area contributed by atoms with Crippen molar-refractivity contribution in [1.29, 1.82) is 0 Å². The molecule has 92 valence electrons. The molecule has 0 saturated carbocycles. The minimum absolute atomic E-state index is 0.365. The first-order valence-electron chi connectivity index (χ1n) is 5.04. The molecule has 0 atom stereocenters. The number of nitrogens with one attached hydrogen (secondary N) is 1. The Bertz CT molecular complexity index is 604. The van der Waals surface area contributed by atoms with Crippen LogP contribution in [0.25, 0.3) is 0 Å². The third-order valence-corrected chi connectivity index (χ3v) is 3.91. The van der Waals surface area contributed by atoms with Gasteiger partial charge in [-0.15, -0.1) is 0 Å². The SMILES string of the molecule is NC(=S)c1ccnc(Nc2cc(Br)ccc2I)c1. The molecule has 0 aliphatic heterocycles. The number of nitrogens with two attached hydrogens (primary N) is 1. The lowest BCUT2D eigenvalue weighted by atomic mass is 10.2. The molecule has 3 N–H and O–H groups in total. The van der Waals surface area contributed by atoms with Crippen molar-refractivity contribution in [3.05, 3.63) is 50.1 Å². The zero-order valence-corrected chi connectivity index (χ0v) is 13.7. The minimum Gasteiger partial charge on any atom is -0.389 e. The van der Waals surface area contributed by atoms with Gasteiger partial charge in [0.2, 0.25) is 0 Å². The molecule has 0 unspecified atom stereocenters. The molecular formula is C12H9BrIN3S. The van der Waals surface area contributed by atoms with E-state index in [0.29, 0.717) is 4.99 Å². The van der Waals surface area contributed by atoms with Crippen LogP contribution >= 0.6 is 50.7 Å². The van der Waals surface area contributed by atoms with Gasteiger partial charge in [-0.3, -0.25) is 0 Å². The first-order valence-corrected chi connectivity index (χ1v) is 7.32. The van der Waals surface area contributed by atoms with Gasteiger partial charge < -0.3 is 11.1 Å². The Labute approximate surface area is 132 Å². The number of thiocarbonyl (C=S) groups is 1. The summed E-state index contributed by atoms with van der Waals surface area (Å²) in [6.45, 7) is 0. The van der Waals surface area contributed by atoms with Gasteiger partial charge in [-0.1, -0.05) is 28.1 Å². The van der Waals surface area contributed by atoms with E-state index in [9.17, 15) is 0 Å². The van der Waals surface area contributed by atoms with Crippen LogP contribution < -0.4 is 11.1 Å². The zero-order valence-electron chi connectivity index (χ0n) is 9.15. The molecule has 0 saturated heterocycles. The second kappa shape index (κ2) is 5.94. The van der Waals surface area contributed by atoms with Crippen LogP contribution in [-0.2, 0) is 0 Å². The van der Waals surface area contributed by atoms with Crippen LogP contribution in [0.5, 0.6) is 0 Å². The molecule has 0 aliphatic carbocycles. The smallest absolute Gasteiger partial charge is 0.131 e. The Balaban J connectivity index is 2.31. The lowest BCUT2D eigenvalue weighted by Gasteiger charge is -2.09. The van der Waals surface area contributed by atoms with E-state index < -0.39 is 0 Å². The number of hydrogen-bond donors (Lipinski definition) is 2. The van der Waals surface area contributed by atoms with Gasteiger partial charge in [0.15, 0.2) is 0 Å². The number of hydrogen-bond acceptors (Lipinski definition) is 3. The van der Waals surface area contributed by atoms with Crippen LogP contribution in [0.2, 0.25) is 0 Å². The van der Waals surface area contributed by atoms with E-state index >= 15 is 0 Å². The maximum Gasteiger partial charge on any atom is 0.131 e. The fraction of sp³-hybridized carbons (Fsp3) is 0. The van der Waals surface area contributed by atoms with Crippen LogP contribution in [-0.4, -0.2) is 9.97 Å². The van der Waals surface area contributed by atoms with Gasteiger partial charge in [-0.25, -0.2) is 4.98 Å². The molecule has 0 amide bonds. The molecule has 0 bridgehead atoms. The summed E-state index contributed by atoms with van der Waals surface area (Å²) in [6.07, 6.45) is 1.68. The van der Waals surface area contributed by atoms with Crippen LogP contribution in [0.3, 0.4) is 0 Å². The monoisotopic (exact) mass is 433 g/mol. The Morgan fingerprint density at radius 2 is 2.11 bits per heavy atom. The van der Waals surface area contributed by atoms with Crippen LogP contribution in [0.15, 0.2) is 41.0 Å². The summed E-state index contributed by atoms with van der Waals surface area (Å²) in [4.78, 5) is 4.61. The largest absolute Gasteiger partial charge is 0.389 e. The fourth-order valence-electron chi connectivity index (χ4n) is 1.38. The lowest BCUT2D eigenvalue weighted by molar-refractivity contribution is 1.30. The number of nitrogens with zero attached hydrogens (tertiary/aromatic N) is 1. The van der Waals surface area contributed by atoms with Crippen LogP contribution in [0, 0.1) is 3.57 Å². The Morgan fingerprint density at radius 1 is 1.33 bits per heavy atom. The summed E-state index contributed by atoms with van der Waals surface area (Å²) >= 11 is 10.7. The maximum atomic E-state index is 5.60. The number of benzene rings is 1. The van der Waals surface area contributed by atoms with Crippen molar-refractivity contribution in [2.45, 2.75) is 0 Å². The van der Waals surface area contributed by atoms with Crippen molar-refractivity contribution in [3.8, 4) is 0 Å². The summed E-state index contributed by atoms with van der Waals surface area (Å²) in [5.41, 5.74) is 7.38. The summed E-state index contributed by atoms with van der Waals surface area (Å²) in [7, 11) is 0. The standard InChI is InChI=1S/C12H9BrIN3S/c13-8-1-2-9(14)10(6-8)17-11-5-7(12(15)18)3-4-16-11/h1-6H,(H2,15,18)(H,16,17). The normalized spacial score (nSPS) is 10.1. The fourth-order valence-corrected chi connectivity index (χ4v) is 2.34. The highest BCUT2D eigenvalue weighted by Crippen LogP contribution is 2.25. The predicted octanol–water partition coefficient (Wildman–Crippen LogP) is 3.83. The van der Waals surface area contributed by atoms with Crippen LogP contribution in [0.4, 0.5) is 11.5 Å². The average Bonchev–Trinajstić information content (AvgIpc) is 2.34. The van der Waals surface area contributed by atoms with Gasteiger partial charge in [-0.05, 0) is 52.9 Å². The van der Waals surface area contributed by atoms with Crippen molar-refractivity contribution >= 4 is 67.2 Å². The third kappa shape index (κ3) is 3.39. The highest BCUT2D eigenvalue weighted by molar-refractivity contribution is 14.1. The van der Waals surface area contributed by atoms with Gasteiger partial charge in [0.05, 0.1) is 5.69 Å². The zero-order chi connectivity index (χ0) is 13.1. The number of pyridine rings is 1. The molecule has 18 heavy (non-hydrogen) atoms. The van der Waals surface area contributed by atoms with Crippen LogP contribution in [0.1, 0.15) is 5.56 Å². The van der Waals surface area contributed by atoms with Crippen molar-refractivity contribution < 1.29 is 0 Å². The highest BCUT2D eigenvalue weighted by atomic mass is 127. The van der Waals surface area contributed by atoms with E-state index in [1.807, 2.05) is 24.3 Å². The van der Waals surface area contributed by atoms with Gasteiger partial charge in [0, 0.05) is 19.8 Å². The first-order chi connectivity index (χ1) is 8.56. The molecule has 0 radical (unpaired) electrons. The second-order valence-corrected chi connectivity index (χ2v) is 6.06. The molecule has 2 rings (SSSR count). The molecule has 1 aromatic carbocycles.